The third-order valence-corrected chi connectivity index (χ3v) is 10.5. The Hall–Kier alpha value is -6.38. The van der Waals surface area contributed by atoms with E-state index in [1.54, 1.807) is 0 Å². The summed E-state index contributed by atoms with van der Waals surface area (Å²) < 4.78 is 4.89. The van der Waals surface area contributed by atoms with Gasteiger partial charge in [-0.1, -0.05) is 127 Å². The van der Waals surface area contributed by atoms with Crippen molar-refractivity contribution in [2.24, 2.45) is 0 Å². The zero-order valence-corrected chi connectivity index (χ0v) is 26.1. The van der Waals surface area contributed by atoms with Crippen molar-refractivity contribution in [3.63, 3.8) is 0 Å². The van der Waals surface area contributed by atoms with Crippen LogP contribution in [0.1, 0.15) is 0 Å². The largest absolute Gasteiger partial charge is 0.309 e. The summed E-state index contributed by atoms with van der Waals surface area (Å²) in [6, 6.07) is 62.4. The summed E-state index contributed by atoms with van der Waals surface area (Å²) in [6.07, 6.45) is 0. The van der Waals surface area contributed by atoms with Crippen LogP contribution in [0.25, 0.3) is 98.1 Å². The first-order valence-corrected chi connectivity index (χ1v) is 16.6. The van der Waals surface area contributed by atoms with Crippen molar-refractivity contribution < 1.29 is 0 Å². The van der Waals surface area contributed by atoms with Gasteiger partial charge in [-0.25, -0.2) is 0 Å². The molecule has 0 saturated heterocycles. The molecule has 0 radical (unpaired) electrons. The van der Waals surface area contributed by atoms with Crippen LogP contribution in [0.15, 0.2) is 170 Å². The molecule has 0 bridgehead atoms. The fourth-order valence-corrected chi connectivity index (χ4v) is 8.48. The molecule has 0 fully saturated rings. The van der Waals surface area contributed by atoms with Gasteiger partial charge in [0.05, 0.1) is 22.1 Å². The van der Waals surface area contributed by atoms with Gasteiger partial charge in [0.1, 0.15) is 0 Å². The first-order chi connectivity index (χ1) is 23.8. The highest BCUT2D eigenvalue weighted by Crippen LogP contribution is 2.44. The van der Waals surface area contributed by atoms with Crippen LogP contribution in [-0.2, 0) is 0 Å². The number of aromatic nitrogens is 2. The molecular formula is C46H28N2. The molecule has 0 aliphatic carbocycles. The van der Waals surface area contributed by atoms with Crippen molar-refractivity contribution in [1.29, 1.82) is 0 Å². The highest BCUT2D eigenvalue weighted by atomic mass is 15.0. The van der Waals surface area contributed by atoms with E-state index in [-0.39, 0.29) is 0 Å². The molecule has 2 heterocycles. The Morgan fingerprint density at radius 2 is 0.729 bits per heavy atom. The molecule has 0 amide bonds. The van der Waals surface area contributed by atoms with Crippen molar-refractivity contribution in [3.8, 4) is 11.4 Å². The van der Waals surface area contributed by atoms with E-state index in [1.807, 2.05) is 0 Å². The Kier molecular flexibility index (Phi) is 5.14. The van der Waals surface area contributed by atoms with Crippen LogP contribution in [0.2, 0.25) is 0 Å². The summed E-state index contributed by atoms with van der Waals surface area (Å²) in [4.78, 5) is 0. The molecule has 11 rings (SSSR count). The summed E-state index contributed by atoms with van der Waals surface area (Å²) in [7, 11) is 0. The molecule has 0 spiro atoms. The van der Waals surface area contributed by atoms with E-state index >= 15 is 0 Å². The van der Waals surface area contributed by atoms with Gasteiger partial charge >= 0.3 is 0 Å². The average Bonchev–Trinajstić information content (AvgIpc) is 3.69. The fourth-order valence-electron chi connectivity index (χ4n) is 8.48. The standard InChI is InChI=1S/C46H28N2/c1-3-13-33-29(11-1)21-27-39-43(33)35-15-5-6-16-36(35)46-45(39)38-18-8-10-20-41(38)48(46)32-25-23-31(24-26-32)47-40-19-9-7-17-37(40)44-34-14-4-2-12-30(34)22-28-42(44)47/h1-28H. The molecule has 0 unspecified atom stereocenters. The zero-order chi connectivity index (χ0) is 31.3. The molecule has 2 nitrogen and oxygen atoms in total. The van der Waals surface area contributed by atoms with Gasteiger partial charge in [-0.15, -0.1) is 0 Å². The van der Waals surface area contributed by atoms with Crippen molar-refractivity contribution in [2.75, 3.05) is 0 Å². The van der Waals surface area contributed by atoms with E-state index in [2.05, 4.69) is 179 Å². The van der Waals surface area contributed by atoms with Crippen LogP contribution < -0.4 is 0 Å². The molecule has 2 aromatic heterocycles. The number of benzene rings is 9. The lowest BCUT2D eigenvalue weighted by molar-refractivity contribution is 1.15. The molecule has 0 saturated carbocycles. The maximum absolute atomic E-state index is 2.48. The van der Waals surface area contributed by atoms with E-state index in [1.165, 1.54) is 86.7 Å². The SMILES string of the molecule is c1ccc2c(c1)ccc1c2c2ccccc2c2c1c1ccccc1n2-c1ccc(-n2c3ccccc3c3c4ccccc4ccc32)cc1. The van der Waals surface area contributed by atoms with Crippen LogP contribution in [0, 0.1) is 0 Å². The average molecular weight is 609 g/mol. The van der Waals surface area contributed by atoms with E-state index in [0.29, 0.717) is 0 Å². The quantitative estimate of drug-likeness (QED) is 0.173. The summed E-state index contributed by atoms with van der Waals surface area (Å²) in [5, 5.41) is 15.5. The van der Waals surface area contributed by atoms with Crippen LogP contribution in [0.4, 0.5) is 0 Å². The van der Waals surface area contributed by atoms with Gasteiger partial charge in [-0.3, -0.25) is 0 Å². The second kappa shape index (κ2) is 9.57. The maximum atomic E-state index is 2.48. The van der Waals surface area contributed by atoms with Gasteiger partial charge in [0, 0.05) is 38.3 Å². The van der Waals surface area contributed by atoms with Crippen LogP contribution >= 0.6 is 0 Å². The van der Waals surface area contributed by atoms with E-state index < -0.39 is 0 Å². The fraction of sp³-hybridized carbons (Fsp3) is 0. The predicted molar refractivity (Wildman–Crippen MR) is 205 cm³/mol. The first kappa shape index (κ1) is 25.8. The molecule has 9 aromatic carbocycles. The third kappa shape index (κ3) is 3.36. The molecule has 222 valence electrons. The Balaban J connectivity index is 1.21. The van der Waals surface area contributed by atoms with Gasteiger partial charge in [0.15, 0.2) is 0 Å². The molecule has 11 aromatic rings. The van der Waals surface area contributed by atoms with E-state index in [0.717, 1.165) is 11.4 Å². The van der Waals surface area contributed by atoms with Gasteiger partial charge in [0.25, 0.3) is 0 Å². The number of fused-ring (bicyclic) bond motifs is 15. The normalized spacial score (nSPS) is 12.2. The monoisotopic (exact) mass is 608 g/mol. The Labute approximate surface area is 276 Å². The second-order valence-corrected chi connectivity index (χ2v) is 12.9. The zero-order valence-electron chi connectivity index (χ0n) is 26.1. The third-order valence-electron chi connectivity index (χ3n) is 10.5. The van der Waals surface area contributed by atoms with Crippen molar-refractivity contribution >= 4 is 86.7 Å². The minimum Gasteiger partial charge on any atom is -0.309 e. The lowest BCUT2D eigenvalue weighted by atomic mass is 9.93. The molecule has 2 heteroatoms. The topological polar surface area (TPSA) is 9.86 Å². The Bertz CT molecular complexity index is 3100. The molecule has 0 aliphatic heterocycles. The van der Waals surface area contributed by atoms with Crippen molar-refractivity contribution in [2.45, 2.75) is 0 Å². The predicted octanol–water partition coefficient (Wildman–Crippen LogP) is 12.5. The van der Waals surface area contributed by atoms with Gasteiger partial charge < -0.3 is 9.13 Å². The number of nitrogens with zero attached hydrogens (tertiary/aromatic N) is 2. The molecular weight excluding hydrogens is 581 g/mol. The van der Waals surface area contributed by atoms with Crippen LogP contribution in [0.5, 0.6) is 0 Å². The van der Waals surface area contributed by atoms with Crippen LogP contribution in [-0.4, -0.2) is 9.13 Å². The lowest BCUT2D eigenvalue weighted by Gasteiger charge is -2.14. The first-order valence-electron chi connectivity index (χ1n) is 16.6. The number of rotatable bonds is 2. The van der Waals surface area contributed by atoms with Gasteiger partial charge in [-0.2, -0.15) is 0 Å². The van der Waals surface area contributed by atoms with Crippen molar-refractivity contribution in [1.82, 2.24) is 9.13 Å². The number of hydrogen-bond donors (Lipinski definition) is 0. The number of hydrogen-bond acceptors (Lipinski definition) is 0. The summed E-state index contributed by atoms with van der Waals surface area (Å²) in [6.45, 7) is 0. The number of para-hydroxylation sites is 2. The second-order valence-electron chi connectivity index (χ2n) is 12.9. The van der Waals surface area contributed by atoms with Crippen molar-refractivity contribution in [3.05, 3.63) is 170 Å². The highest BCUT2D eigenvalue weighted by Gasteiger charge is 2.20. The van der Waals surface area contributed by atoms with Crippen LogP contribution in [0.3, 0.4) is 0 Å². The molecule has 48 heavy (non-hydrogen) atoms. The summed E-state index contributed by atoms with van der Waals surface area (Å²) >= 11 is 0. The summed E-state index contributed by atoms with van der Waals surface area (Å²) in [5.74, 6) is 0. The van der Waals surface area contributed by atoms with Gasteiger partial charge in [0.2, 0.25) is 0 Å². The maximum Gasteiger partial charge on any atom is 0.0625 e. The van der Waals surface area contributed by atoms with E-state index in [4.69, 9.17) is 0 Å². The Morgan fingerprint density at radius 3 is 1.42 bits per heavy atom. The Morgan fingerprint density at radius 1 is 0.250 bits per heavy atom. The smallest absolute Gasteiger partial charge is 0.0625 e. The molecule has 0 N–H and O–H groups in total. The summed E-state index contributed by atoms with van der Waals surface area (Å²) in [5.41, 5.74) is 7.23. The van der Waals surface area contributed by atoms with E-state index in [9.17, 15) is 0 Å². The molecule has 0 atom stereocenters. The lowest BCUT2D eigenvalue weighted by Crippen LogP contribution is -1.98. The minimum atomic E-state index is 1.15. The molecule has 0 aliphatic rings. The van der Waals surface area contributed by atoms with Gasteiger partial charge in [-0.05, 0) is 80.2 Å². The highest BCUT2D eigenvalue weighted by molar-refractivity contribution is 6.36. The minimum absolute atomic E-state index is 1.15.